The molecule has 5 nitrogen and oxygen atoms in total. The average Bonchev–Trinajstić information content (AvgIpc) is 3.01. The zero-order valence-corrected chi connectivity index (χ0v) is 11.7. The molecular formula is C15H19N3O2. The highest BCUT2D eigenvalue weighted by molar-refractivity contribution is 5.88. The van der Waals surface area contributed by atoms with Gasteiger partial charge >= 0.3 is 5.97 Å². The number of ether oxygens (including phenoxy) is 1. The topological polar surface area (TPSA) is 66.2 Å². The molecule has 0 aliphatic heterocycles. The molecule has 0 bridgehead atoms. The van der Waals surface area contributed by atoms with Gasteiger partial charge in [-0.3, -0.25) is 9.88 Å². The molecule has 0 amide bonds. The third-order valence-electron chi connectivity index (χ3n) is 3.73. The molecule has 1 saturated carbocycles. The van der Waals surface area contributed by atoms with Crippen molar-refractivity contribution in [1.29, 1.82) is 5.26 Å². The molecule has 5 heteroatoms. The monoisotopic (exact) mass is 273 g/mol. The number of hydrogen-bond donors (Lipinski definition) is 0. The van der Waals surface area contributed by atoms with E-state index in [2.05, 4.69) is 20.7 Å². The fourth-order valence-electron chi connectivity index (χ4n) is 2.64. The Morgan fingerprint density at radius 2 is 2.25 bits per heavy atom. The van der Waals surface area contributed by atoms with E-state index in [0.717, 1.165) is 18.5 Å². The van der Waals surface area contributed by atoms with Crippen LogP contribution in [-0.4, -0.2) is 35.5 Å². The summed E-state index contributed by atoms with van der Waals surface area (Å²) < 4.78 is 4.64. The minimum absolute atomic E-state index is 0.381. The van der Waals surface area contributed by atoms with Crippen LogP contribution >= 0.6 is 0 Å². The highest BCUT2D eigenvalue weighted by atomic mass is 16.5. The molecule has 1 heterocycles. The van der Waals surface area contributed by atoms with E-state index in [9.17, 15) is 4.79 Å². The first-order chi connectivity index (χ1) is 9.74. The molecule has 20 heavy (non-hydrogen) atoms. The van der Waals surface area contributed by atoms with Crippen molar-refractivity contribution in [3.05, 3.63) is 29.6 Å². The van der Waals surface area contributed by atoms with Crippen LogP contribution in [0.1, 0.15) is 41.7 Å². The zero-order valence-electron chi connectivity index (χ0n) is 11.7. The summed E-state index contributed by atoms with van der Waals surface area (Å²) in [5.41, 5.74) is 1.32. The van der Waals surface area contributed by atoms with Crippen LogP contribution < -0.4 is 0 Å². The van der Waals surface area contributed by atoms with Crippen molar-refractivity contribution in [2.45, 2.75) is 38.3 Å². The summed E-state index contributed by atoms with van der Waals surface area (Å²) in [4.78, 5) is 17.8. The SMILES string of the molecule is COC(=O)c1ccc(CN(CC#N)C2CCCC2)nc1. The second-order valence-electron chi connectivity index (χ2n) is 5.03. The minimum atomic E-state index is -0.381. The van der Waals surface area contributed by atoms with Gasteiger partial charge in [-0.05, 0) is 25.0 Å². The third kappa shape index (κ3) is 3.55. The Kier molecular flexibility index (Phi) is 5.08. The van der Waals surface area contributed by atoms with Gasteiger partial charge in [0.25, 0.3) is 0 Å². The molecular weight excluding hydrogens is 254 g/mol. The molecule has 1 aromatic heterocycles. The van der Waals surface area contributed by atoms with E-state index in [4.69, 9.17) is 5.26 Å². The molecule has 0 unspecified atom stereocenters. The molecule has 0 N–H and O–H groups in total. The summed E-state index contributed by atoms with van der Waals surface area (Å²) >= 11 is 0. The van der Waals surface area contributed by atoms with Crippen molar-refractivity contribution >= 4 is 5.97 Å². The first-order valence-corrected chi connectivity index (χ1v) is 6.89. The first-order valence-electron chi connectivity index (χ1n) is 6.89. The fraction of sp³-hybridized carbons (Fsp3) is 0.533. The normalized spacial score (nSPS) is 15.2. The third-order valence-corrected chi connectivity index (χ3v) is 3.73. The lowest BCUT2D eigenvalue weighted by Gasteiger charge is -2.25. The van der Waals surface area contributed by atoms with Gasteiger partial charge in [-0.25, -0.2) is 4.79 Å². The Bertz CT molecular complexity index is 487. The molecule has 2 rings (SSSR count). The second-order valence-corrected chi connectivity index (χ2v) is 5.03. The molecule has 1 aliphatic rings. The van der Waals surface area contributed by atoms with Gasteiger partial charge in [-0.2, -0.15) is 5.26 Å². The predicted molar refractivity (Wildman–Crippen MR) is 73.9 cm³/mol. The van der Waals surface area contributed by atoms with Gasteiger partial charge in [0, 0.05) is 18.8 Å². The summed E-state index contributed by atoms with van der Waals surface area (Å²) in [5, 5.41) is 8.95. The van der Waals surface area contributed by atoms with Crippen LogP contribution in [0, 0.1) is 11.3 Å². The van der Waals surface area contributed by atoms with Crippen molar-refractivity contribution in [3.8, 4) is 6.07 Å². The van der Waals surface area contributed by atoms with E-state index in [0.29, 0.717) is 24.7 Å². The Labute approximate surface area is 119 Å². The number of pyridine rings is 1. The summed E-state index contributed by atoms with van der Waals surface area (Å²) in [6, 6.07) is 6.25. The molecule has 1 aromatic rings. The maximum Gasteiger partial charge on any atom is 0.339 e. The van der Waals surface area contributed by atoms with Crippen LogP contribution in [0.15, 0.2) is 18.3 Å². The smallest absolute Gasteiger partial charge is 0.339 e. The number of hydrogen-bond acceptors (Lipinski definition) is 5. The summed E-state index contributed by atoms with van der Waals surface area (Å²) in [6.45, 7) is 1.07. The van der Waals surface area contributed by atoms with Gasteiger partial charge < -0.3 is 4.74 Å². The number of nitriles is 1. The van der Waals surface area contributed by atoms with E-state index < -0.39 is 0 Å². The zero-order chi connectivity index (χ0) is 14.4. The molecule has 0 saturated heterocycles. The van der Waals surface area contributed by atoms with Gasteiger partial charge in [-0.1, -0.05) is 12.8 Å². The summed E-state index contributed by atoms with van der Waals surface area (Å²) in [5.74, 6) is -0.381. The van der Waals surface area contributed by atoms with Crippen LogP contribution in [-0.2, 0) is 11.3 Å². The number of carbonyl (C=O) groups is 1. The molecule has 1 aliphatic carbocycles. The van der Waals surface area contributed by atoms with Crippen LogP contribution in [0.2, 0.25) is 0 Å². The van der Waals surface area contributed by atoms with E-state index in [-0.39, 0.29) is 5.97 Å². The quantitative estimate of drug-likeness (QED) is 0.607. The molecule has 1 fully saturated rings. The van der Waals surface area contributed by atoms with Crippen molar-refractivity contribution in [1.82, 2.24) is 9.88 Å². The molecule has 0 aromatic carbocycles. The molecule has 0 atom stereocenters. The summed E-state index contributed by atoms with van der Waals surface area (Å²) in [6.07, 6.45) is 6.31. The minimum Gasteiger partial charge on any atom is -0.465 e. The van der Waals surface area contributed by atoms with Crippen LogP contribution in [0.3, 0.4) is 0 Å². The number of methoxy groups -OCH3 is 1. The lowest BCUT2D eigenvalue weighted by Crippen LogP contribution is -2.33. The van der Waals surface area contributed by atoms with E-state index in [1.165, 1.54) is 26.1 Å². The largest absolute Gasteiger partial charge is 0.465 e. The second kappa shape index (κ2) is 7.01. The number of esters is 1. The maximum absolute atomic E-state index is 11.3. The summed E-state index contributed by atoms with van der Waals surface area (Å²) in [7, 11) is 1.35. The van der Waals surface area contributed by atoms with E-state index >= 15 is 0 Å². The van der Waals surface area contributed by atoms with Gasteiger partial charge in [0.05, 0.1) is 31.0 Å². The van der Waals surface area contributed by atoms with E-state index in [1.807, 2.05) is 6.07 Å². The lowest BCUT2D eigenvalue weighted by molar-refractivity contribution is 0.0600. The van der Waals surface area contributed by atoms with Crippen LogP contribution in [0.25, 0.3) is 0 Å². The average molecular weight is 273 g/mol. The van der Waals surface area contributed by atoms with Gasteiger partial charge in [-0.15, -0.1) is 0 Å². The predicted octanol–water partition coefficient (Wildman–Crippen LogP) is 2.14. The van der Waals surface area contributed by atoms with Crippen LogP contribution in [0.5, 0.6) is 0 Å². The Hall–Kier alpha value is -1.93. The van der Waals surface area contributed by atoms with Crippen molar-refractivity contribution < 1.29 is 9.53 Å². The lowest BCUT2D eigenvalue weighted by atomic mass is 10.2. The standard InChI is InChI=1S/C15H19N3O2/c1-20-15(19)12-6-7-13(17-10-12)11-18(9-8-16)14-4-2-3-5-14/h6-7,10,14H,2-5,9,11H2,1H3. The fourth-order valence-corrected chi connectivity index (χ4v) is 2.64. The first kappa shape index (κ1) is 14.5. The van der Waals surface area contributed by atoms with Crippen molar-refractivity contribution in [2.24, 2.45) is 0 Å². The van der Waals surface area contributed by atoms with Gasteiger partial charge in [0.1, 0.15) is 0 Å². The molecule has 0 radical (unpaired) electrons. The highest BCUT2D eigenvalue weighted by Crippen LogP contribution is 2.24. The number of rotatable bonds is 5. The van der Waals surface area contributed by atoms with Crippen LogP contribution in [0.4, 0.5) is 0 Å². The molecule has 106 valence electrons. The number of carbonyl (C=O) groups excluding carboxylic acids is 1. The Balaban J connectivity index is 2.03. The number of nitrogens with zero attached hydrogens (tertiary/aromatic N) is 3. The van der Waals surface area contributed by atoms with Crippen molar-refractivity contribution in [2.75, 3.05) is 13.7 Å². The van der Waals surface area contributed by atoms with Crippen molar-refractivity contribution in [3.63, 3.8) is 0 Å². The maximum atomic E-state index is 11.3. The number of aromatic nitrogens is 1. The molecule has 0 spiro atoms. The highest BCUT2D eigenvalue weighted by Gasteiger charge is 2.22. The van der Waals surface area contributed by atoms with Gasteiger partial charge in [0.2, 0.25) is 0 Å². The van der Waals surface area contributed by atoms with Gasteiger partial charge in [0.15, 0.2) is 0 Å². The Morgan fingerprint density at radius 3 is 2.80 bits per heavy atom. The Morgan fingerprint density at radius 1 is 1.50 bits per heavy atom. The van der Waals surface area contributed by atoms with E-state index in [1.54, 1.807) is 6.07 Å².